The molecular weight excluding hydrogens is 302 g/mol. The molecule has 0 saturated heterocycles. The van der Waals surface area contributed by atoms with Gasteiger partial charge in [-0.25, -0.2) is 9.97 Å². The lowest BCUT2D eigenvalue weighted by Gasteiger charge is -2.30. The first-order chi connectivity index (χ1) is 10.1. The highest BCUT2D eigenvalue weighted by Crippen LogP contribution is 2.33. The van der Waals surface area contributed by atoms with E-state index >= 15 is 0 Å². The van der Waals surface area contributed by atoms with Gasteiger partial charge in [0.05, 0.1) is 11.9 Å². The van der Waals surface area contributed by atoms with E-state index in [1.54, 1.807) is 11.3 Å². The molecule has 0 spiro atoms. The first kappa shape index (κ1) is 15.2. The molecule has 3 rings (SSSR count). The van der Waals surface area contributed by atoms with Gasteiger partial charge in [-0.3, -0.25) is 4.90 Å². The van der Waals surface area contributed by atoms with Crippen LogP contribution in [0, 0.1) is 13.8 Å². The predicted octanol–water partition coefficient (Wildman–Crippen LogP) is 4.73. The van der Waals surface area contributed by atoms with Crippen molar-refractivity contribution in [1.29, 1.82) is 0 Å². The quantitative estimate of drug-likeness (QED) is 0.765. The average Bonchev–Trinajstić information content (AvgIpc) is 2.75. The minimum atomic E-state index is 0.605. The molecule has 2 aromatic heterocycles. The Balaban J connectivity index is 1.83. The van der Waals surface area contributed by atoms with Crippen molar-refractivity contribution in [1.82, 2.24) is 14.9 Å². The summed E-state index contributed by atoms with van der Waals surface area (Å²) < 4.78 is 0. The zero-order valence-corrected chi connectivity index (χ0v) is 14.5. The summed E-state index contributed by atoms with van der Waals surface area (Å²) in [5.74, 6) is 0.849. The molecule has 0 atom stereocenters. The van der Waals surface area contributed by atoms with Crippen LogP contribution in [0.1, 0.15) is 48.4 Å². The van der Waals surface area contributed by atoms with E-state index in [0.29, 0.717) is 11.2 Å². The summed E-state index contributed by atoms with van der Waals surface area (Å²) >= 11 is 8.10. The third kappa shape index (κ3) is 3.08. The van der Waals surface area contributed by atoms with Crippen molar-refractivity contribution < 1.29 is 0 Å². The Morgan fingerprint density at radius 3 is 2.62 bits per heavy atom. The Bertz CT molecular complexity index is 646. The summed E-state index contributed by atoms with van der Waals surface area (Å²) in [5.41, 5.74) is 1.21. The fourth-order valence-electron chi connectivity index (χ4n) is 3.19. The second kappa shape index (κ2) is 6.19. The van der Waals surface area contributed by atoms with Gasteiger partial charge in [-0.2, -0.15) is 0 Å². The minimum Gasteiger partial charge on any atom is -0.296 e. The highest BCUT2D eigenvalue weighted by molar-refractivity contribution is 7.18. The fraction of sp³-hybridized carbons (Fsp3) is 0.625. The number of aryl methyl sites for hydroxylation is 2. The van der Waals surface area contributed by atoms with Crippen LogP contribution in [-0.4, -0.2) is 28.0 Å². The van der Waals surface area contributed by atoms with Crippen LogP contribution in [0.3, 0.4) is 0 Å². The molecule has 0 bridgehead atoms. The second-order valence-corrected chi connectivity index (χ2v) is 7.66. The van der Waals surface area contributed by atoms with Gasteiger partial charge in [0.1, 0.15) is 15.8 Å². The Labute approximate surface area is 135 Å². The number of halogens is 1. The average molecular weight is 324 g/mol. The largest absolute Gasteiger partial charge is 0.296 e. The first-order valence-electron chi connectivity index (χ1n) is 7.68. The van der Waals surface area contributed by atoms with Gasteiger partial charge in [-0.15, -0.1) is 11.3 Å². The molecule has 5 heteroatoms. The lowest BCUT2D eigenvalue weighted by Crippen LogP contribution is -2.33. The molecule has 114 valence electrons. The zero-order valence-electron chi connectivity index (χ0n) is 12.9. The smallest absolute Gasteiger partial charge is 0.145 e. The Morgan fingerprint density at radius 1 is 1.19 bits per heavy atom. The van der Waals surface area contributed by atoms with Crippen molar-refractivity contribution in [2.24, 2.45) is 0 Å². The van der Waals surface area contributed by atoms with Gasteiger partial charge in [0.25, 0.3) is 0 Å². The van der Waals surface area contributed by atoms with E-state index in [4.69, 9.17) is 16.6 Å². The van der Waals surface area contributed by atoms with Crippen molar-refractivity contribution >= 4 is 33.2 Å². The number of hydrogen-bond acceptors (Lipinski definition) is 4. The summed E-state index contributed by atoms with van der Waals surface area (Å²) in [6.07, 6.45) is 6.66. The molecule has 0 amide bonds. The van der Waals surface area contributed by atoms with Crippen molar-refractivity contribution in [2.75, 3.05) is 7.05 Å². The third-order valence-corrected chi connectivity index (χ3v) is 5.99. The number of hydrogen-bond donors (Lipinski definition) is 0. The highest BCUT2D eigenvalue weighted by Gasteiger charge is 2.20. The van der Waals surface area contributed by atoms with Gasteiger partial charge in [0.15, 0.2) is 0 Å². The molecule has 0 N–H and O–H groups in total. The van der Waals surface area contributed by atoms with Crippen LogP contribution in [0.2, 0.25) is 5.15 Å². The monoisotopic (exact) mass is 323 g/mol. The number of rotatable bonds is 3. The summed E-state index contributed by atoms with van der Waals surface area (Å²) in [5, 5.41) is 1.64. The summed E-state index contributed by atoms with van der Waals surface area (Å²) in [7, 11) is 2.18. The van der Waals surface area contributed by atoms with Crippen LogP contribution >= 0.6 is 22.9 Å². The van der Waals surface area contributed by atoms with E-state index in [1.165, 1.54) is 42.5 Å². The second-order valence-electron chi connectivity index (χ2n) is 6.10. The van der Waals surface area contributed by atoms with E-state index in [1.807, 2.05) is 0 Å². The van der Waals surface area contributed by atoms with Crippen LogP contribution in [0.15, 0.2) is 0 Å². The molecule has 2 heterocycles. The molecule has 21 heavy (non-hydrogen) atoms. The van der Waals surface area contributed by atoms with Gasteiger partial charge >= 0.3 is 0 Å². The third-order valence-electron chi connectivity index (χ3n) is 4.62. The molecule has 1 fully saturated rings. The predicted molar refractivity (Wildman–Crippen MR) is 90.2 cm³/mol. The zero-order chi connectivity index (χ0) is 15.0. The van der Waals surface area contributed by atoms with Crippen LogP contribution in [0.5, 0.6) is 0 Å². The molecular formula is C16H22ClN3S. The topological polar surface area (TPSA) is 29.0 Å². The standard InChI is InChI=1S/C16H22ClN3S/c1-10-11(2)21-16-14(10)15(17)18-13(19-16)9-20(3)12-7-5-4-6-8-12/h12H,4-9H2,1-3H3. The number of thiophene rings is 1. The van der Waals surface area contributed by atoms with Crippen molar-refractivity contribution in [3.63, 3.8) is 0 Å². The maximum atomic E-state index is 6.39. The minimum absolute atomic E-state index is 0.605. The summed E-state index contributed by atoms with van der Waals surface area (Å²) in [4.78, 5) is 14.0. The molecule has 3 nitrogen and oxygen atoms in total. The van der Waals surface area contributed by atoms with Crippen molar-refractivity contribution in [2.45, 2.75) is 58.5 Å². The van der Waals surface area contributed by atoms with E-state index in [2.05, 4.69) is 30.8 Å². The Hall–Kier alpha value is -0.710. The Morgan fingerprint density at radius 2 is 1.90 bits per heavy atom. The van der Waals surface area contributed by atoms with Crippen LogP contribution in [-0.2, 0) is 6.54 Å². The van der Waals surface area contributed by atoms with Crippen LogP contribution < -0.4 is 0 Å². The highest BCUT2D eigenvalue weighted by atomic mass is 35.5. The SMILES string of the molecule is Cc1sc2nc(CN(C)C3CCCCC3)nc(Cl)c2c1C. The normalized spacial score (nSPS) is 17.0. The van der Waals surface area contributed by atoms with Gasteiger partial charge in [-0.1, -0.05) is 30.9 Å². The Kier molecular flexibility index (Phi) is 4.48. The van der Waals surface area contributed by atoms with E-state index in [-0.39, 0.29) is 0 Å². The maximum absolute atomic E-state index is 6.39. The molecule has 0 aromatic carbocycles. The van der Waals surface area contributed by atoms with Crippen LogP contribution in [0.25, 0.3) is 10.2 Å². The lowest BCUT2D eigenvalue weighted by molar-refractivity contribution is 0.181. The number of fused-ring (bicyclic) bond motifs is 1. The van der Waals surface area contributed by atoms with Crippen molar-refractivity contribution in [3.05, 3.63) is 21.4 Å². The van der Waals surface area contributed by atoms with E-state index in [0.717, 1.165) is 22.6 Å². The van der Waals surface area contributed by atoms with E-state index < -0.39 is 0 Å². The van der Waals surface area contributed by atoms with Crippen molar-refractivity contribution in [3.8, 4) is 0 Å². The summed E-state index contributed by atoms with van der Waals surface area (Å²) in [6, 6.07) is 0.670. The molecule has 0 unspecified atom stereocenters. The molecule has 1 aliphatic carbocycles. The number of aromatic nitrogens is 2. The van der Waals surface area contributed by atoms with E-state index in [9.17, 15) is 0 Å². The first-order valence-corrected chi connectivity index (χ1v) is 8.88. The van der Waals surface area contributed by atoms with Gasteiger partial charge in [0.2, 0.25) is 0 Å². The molecule has 0 aliphatic heterocycles. The van der Waals surface area contributed by atoms with Gasteiger partial charge < -0.3 is 0 Å². The number of nitrogens with zero attached hydrogens (tertiary/aromatic N) is 3. The maximum Gasteiger partial charge on any atom is 0.145 e. The molecule has 1 saturated carbocycles. The fourth-order valence-corrected chi connectivity index (χ4v) is 4.62. The summed E-state index contributed by atoms with van der Waals surface area (Å²) in [6.45, 7) is 5.00. The lowest BCUT2D eigenvalue weighted by atomic mass is 9.94. The molecule has 2 aromatic rings. The molecule has 1 aliphatic rings. The van der Waals surface area contributed by atoms with Gasteiger partial charge in [0, 0.05) is 10.9 Å². The van der Waals surface area contributed by atoms with Gasteiger partial charge in [-0.05, 0) is 39.3 Å². The van der Waals surface area contributed by atoms with Crippen LogP contribution in [0.4, 0.5) is 0 Å². The molecule has 0 radical (unpaired) electrons.